The zero-order valence-corrected chi connectivity index (χ0v) is 12.1. The maximum Gasteiger partial charge on any atom is 0.165 e. The van der Waals surface area contributed by atoms with Crippen molar-refractivity contribution in [3.05, 3.63) is 47.8 Å². The van der Waals surface area contributed by atoms with Crippen LogP contribution < -0.4 is 10.1 Å². The van der Waals surface area contributed by atoms with Gasteiger partial charge in [0.15, 0.2) is 11.6 Å². The van der Waals surface area contributed by atoms with Gasteiger partial charge in [0.2, 0.25) is 0 Å². The van der Waals surface area contributed by atoms with Crippen LogP contribution >= 0.6 is 0 Å². The molecule has 0 aliphatic carbocycles. The second-order valence-corrected chi connectivity index (χ2v) is 5.04. The smallest absolute Gasteiger partial charge is 0.165 e. The number of hydrogen-bond acceptors (Lipinski definition) is 3. The van der Waals surface area contributed by atoms with Crippen LogP contribution in [0.1, 0.15) is 25.2 Å². The van der Waals surface area contributed by atoms with E-state index in [-0.39, 0.29) is 18.2 Å². The van der Waals surface area contributed by atoms with Gasteiger partial charge in [-0.15, -0.1) is 0 Å². The predicted octanol–water partition coefficient (Wildman–Crippen LogP) is 2.64. The number of benzene rings is 1. The standard InChI is InChI=1S/C15H20FN3O/c1-11(2)18-9-12-4-5-14(13(16)8-12)20-10-15-17-6-7-19(15)3/h4-8,11,18H,9-10H2,1-3H3. The number of halogens is 1. The van der Waals surface area contributed by atoms with Crippen molar-refractivity contribution in [3.8, 4) is 5.75 Å². The first-order valence-electron chi connectivity index (χ1n) is 6.67. The van der Waals surface area contributed by atoms with Crippen molar-refractivity contribution in [2.75, 3.05) is 0 Å². The summed E-state index contributed by atoms with van der Waals surface area (Å²) in [6.07, 6.45) is 3.52. The van der Waals surface area contributed by atoms with E-state index in [9.17, 15) is 4.39 Å². The van der Waals surface area contributed by atoms with Crippen molar-refractivity contribution in [2.24, 2.45) is 7.05 Å². The zero-order valence-electron chi connectivity index (χ0n) is 12.1. The minimum Gasteiger partial charge on any atom is -0.483 e. The van der Waals surface area contributed by atoms with Crippen LogP contribution in [0.2, 0.25) is 0 Å². The summed E-state index contributed by atoms with van der Waals surface area (Å²) in [6.45, 7) is 5.01. The molecule has 0 fully saturated rings. The lowest BCUT2D eigenvalue weighted by Crippen LogP contribution is -2.21. The van der Waals surface area contributed by atoms with Gasteiger partial charge in [0.05, 0.1) is 0 Å². The quantitative estimate of drug-likeness (QED) is 0.882. The Labute approximate surface area is 118 Å². The third-order valence-corrected chi connectivity index (χ3v) is 2.99. The first kappa shape index (κ1) is 14.5. The fourth-order valence-electron chi connectivity index (χ4n) is 1.77. The van der Waals surface area contributed by atoms with Crippen molar-refractivity contribution >= 4 is 0 Å². The van der Waals surface area contributed by atoms with E-state index >= 15 is 0 Å². The molecule has 1 aromatic heterocycles. The molecule has 0 atom stereocenters. The number of aromatic nitrogens is 2. The van der Waals surface area contributed by atoms with E-state index in [1.807, 2.05) is 23.9 Å². The van der Waals surface area contributed by atoms with Crippen LogP contribution in [-0.4, -0.2) is 15.6 Å². The molecule has 0 aliphatic rings. The molecule has 0 aliphatic heterocycles. The molecule has 5 heteroatoms. The van der Waals surface area contributed by atoms with Crippen LogP contribution in [0.25, 0.3) is 0 Å². The number of nitrogens with zero attached hydrogens (tertiary/aromatic N) is 2. The van der Waals surface area contributed by atoms with Crippen LogP contribution in [0.3, 0.4) is 0 Å². The van der Waals surface area contributed by atoms with Gasteiger partial charge >= 0.3 is 0 Å². The molecule has 0 saturated heterocycles. The highest BCUT2D eigenvalue weighted by Crippen LogP contribution is 2.19. The van der Waals surface area contributed by atoms with Gasteiger partial charge in [-0.3, -0.25) is 0 Å². The average molecular weight is 277 g/mol. The highest BCUT2D eigenvalue weighted by atomic mass is 19.1. The van der Waals surface area contributed by atoms with E-state index in [4.69, 9.17) is 4.74 Å². The zero-order chi connectivity index (χ0) is 14.5. The first-order chi connectivity index (χ1) is 9.56. The third kappa shape index (κ3) is 3.81. The van der Waals surface area contributed by atoms with E-state index in [0.29, 0.717) is 12.6 Å². The molecular formula is C15H20FN3O. The topological polar surface area (TPSA) is 39.1 Å². The molecule has 2 aromatic rings. The molecule has 20 heavy (non-hydrogen) atoms. The Morgan fingerprint density at radius 2 is 2.20 bits per heavy atom. The van der Waals surface area contributed by atoms with Crippen molar-refractivity contribution in [2.45, 2.75) is 33.0 Å². The Kier molecular flexibility index (Phi) is 4.74. The van der Waals surface area contributed by atoms with Crippen molar-refractivity contribution < 1.29 is 9.13 Å². The Morgan fingerprint density at radius 1 is 1.40 bits per heavy atom. The van der Waals surface area contributed by atoms with E-state index in [1.165, 1.54) is 6.07 Å². The van der Waals surface area contributed by atoms with Gasteiger partial charge < -0.3 is 14.6 Å². The molecule has 0 amide bonds. The van der Waals surface area contributed by atoms with Crippen LogP contribution in [0.15, 0.2) is 30.6 Å². The molecule has 1 heterocycles. The summed E-state index contributed by atoms with van der Waals surface area (Å²) in [5, 5.41) is 3.25. The van der Waals surface area contributed by atoms with Crippen LogP contribution in [-0.2, 0) is 20.2 Å². The highest BCUT2D eigenvalue weighted by molar-refractivity contribution is 5.29. The van der Waals surface area contributed by atoms with E-state index in [2.05, 4.69) is 24.1 Å². The molecule has 108 valence electrons. The second kappa shape index (κ2) is 6.52. The van der Waals surface area contributed by atoms with Crippen molar-refractivity contribution in [1.82, 2.24) is 14.9 Å². The van der Waals surface area contributed by atoms with Gasteiger partial charge in [0.1, 0.15) is 12.4 Å². The highest BCUT2D eigenvalue weighted by Gasteiger charge is 2.07. The van der Waals surface area contributed by atoms with Crippen molar-refractivity contribution in [3.63, 3.8) is 0 Å². The summed E-state index contributed by atoms with van der Waals surface area (Å²) < 4.78 is 21.2. The molecule has 0 bridgehead atoms. The Hall–Kier alpha value is -1.88. The first-order valence-corrected chi connectivity index (χ1v) is 6.67. The molecule has 0 saturated carbocycles. The number of imidazole rings is 1. The molecule has 0 spiro atoms. The van der Waals surface area contributed by atoms with Gasteiger partial charge in [0.25, 0.3) is 0 Å². The number of rotatable bonds is 6. The number of ether oxygens (including phenoxy) is 1. The maximum atomic E-state index is 13.9. The lowest BCUT2D eigenvalue weighted by atomic mass is 10.2. The molecule has 1 aromatic carbocycles. The Morgan fingerprint density at radius 3 is 2.80 bits per heavy atom. The largest absolute Gasteiger partial charge is 0.483 e. The number of hydrogen-bond donors (Lipinski definition) is 1. The van der Waals surface area contributed by atoms with E-state index < -0.39 is 0 Å². The van der Waals surface area contributed by atoms with Gasteiger partial charge in [-0.25, -0.2) is 9.37 Å². The van der Waals surface area contributed by atoms with Gasteiger partial charge in [-0.1, -0.05) is 19.9 Å². The normalized spacial score (nSPS) is 11.1. The molecule has 0 radical (unpaired) electrons. The monoisotopic (exact) mass is 277 g/mol. The van der Waals surface area contributed by atoms with Crippen LogP contribution in [0, 0.1) is 5.82 Å². The fraction of sp³-hybridized carbons (Fsp3) is 0.400. The molecule has 1 N–H and O–H groups in total. The van der Waals surface area contributed by atoms with Gasteiger partial charge in [-0.05, 0) is 17.7 Å². The molecule has 4 nitrogen and oxygen atoms in total. The van der Waals surface area contributed by atoms with Gasteiger partial charge in [0, 0.05) is 32.0 Å². The maximum absolute atomic E-state index is 13.9. The van der Waals surface area contributed by atoms with E-state index in [0.717, 1.165) is 11.4 Å². The number of aryl methyl sites for hydroxylation is 1. The Balaban J connectivity index is 1.97. The van der Waals surface area contributed by atoms with Gasteiger partial charge in [-0.2, -0.15) is 0 Å². The summed E-state index contributed by atoms with van der Waals surface area (Å²) in [6, 6.07) is 5.41. The Bertz CT molecular complexity index is 566. The van der Waals surface area contributed by atoms with Crippen molar-refractivity contribution in [1.29, 1.82) is 0 Å². The lowest BCUT2D eigenvalue weighted by molar-refractivity contribution is 0.277. The minimum atomic E-state index is -0.345. The summed E-state index contributed by atoms with van der Waals surface area (Å²) in [5.41, 5.74) is 0.903. The third-order valence-electron chi connectivity index (χ3n) is 2.99. The molecular weight excluding hydrogens is 257 g/mol. The molecule has 0 unspecified atom stereocenters. The lowest BCUT2D eigenvalue weighted by Gasteiger charge is -2.11. The second-order valence-electron chi connectivity index (χ2n) is 5.04. The average Bonchev–Trinajstić information content (AvgIpc) is 2.81. The van der Waals surface area contributed by atoms with Crippen LogP contribution in [0.5, 0.6) is 5.75 Å². The SMILES string of the molecule is CC(C)NCc1ccc(OCc2nccn2C)c(F)c1. The summed E-state index contributed by atoms with van der Waals surface area (Å²) in [7, 11) is 1.88. The molecule has 2 rings (SSSR count). The minimum absolute atomic E-state index is 0.251. The summed E-state index contributed by atoms with van der Waals surface area (Å²) in [4.78, 5) is 4.13. The van der Waals surface area contributed by atoms with E-state index in [1.54, 1.807) is 12.3 Å². The number of nitrogens with one attached hydrogen (secondary N) is 1. The van der Waals surface area contributed by atoms with Crippen LogP contribution in [0.4, 0.5) is 4.39 Å². The summed E-state index contributed by atoms with van der Waals surface area (Å²) >= 11 is 0. The predicted molar refractivity (Wildman–Crippen MR) is 75.9 cm³/mol. The summed E-state index contributed by atoms with van der Waals surface area (Å²) in [5.74, 6) is 0.665. The fourth-order valence-corrected chi connectivity index (χ4v) is 1.77.